The summed E-state index contributed by atoms with van der Waals surface area (Å²) in [4.78, 5) is 13.4. The molecule has 2 aliphatic rings. The topological polar surface area (TPSA) is 32.3 Å². The summed E-state index contributed by atoms with van der Waals surface area (Å²) < 4.78 is 1.11. The molecule has 90 valence electrons. The molecule has 0 bridgehead atoms. The number of anilines is 1. The Kier molecular flexibility index (Phi) is 2.43. The van der Waals surface area contributed by atoms with Gasteiger partial charge in [-0.15, -0.1) is 0 Å². The highest BCUT2D eigenvalue weighted by molar-refractivity contribution is 9.10. The number of nitrogens with zero attached hydrogens (tertiary/aromatic N) is 1. The second-order valence-corrected chi connectivity index (χ2v) is 5.93. The lowest BCUT2D eigenvalue weighted by Gasteiger charge is -2.23. The van der Waals surface area contributed by atoms with Crippen molar-refractivity contribution in [2.75, 3.05) is 25.0 Å². The van der Waals surface area contributed by atoms with Gasteiger partial charge in [0.15, 0.2) is 0 Å². The molecule has 1 aromatic carbocycles. The highest BCUT2D eigenvalue weighted by atomic mass is 79.9. The van der Waals surface area contributed by atoms with Crippen LogP contribution in [0.2, 0.25) is 0 Å². The van der Waals surface area contributed by atoms with Gasteiger partial charge in [0.05, 0.1) is 0 Å². The van der Waals surface area contributed by atoms with Crippen LogP contribution in [0.5, 0.6) is 0 Å². The van der Waals surface area contributed by atoms with E-state index in [1.54, 1.807) is 6.92 Å². The van der Waals surface area contributed by atoms with Crippen LogP contribution in [0.4, 0.5) is 5.69 Å². The van der Waals surface area contributed by atoms with Gasteiger partial charge in [0.25, 0.3) is 0 Å². The van der Waals surface area contributed by atoms with E-state index < -0.39 is 0 Å². The van der Waals surface area contributed by atoms with Crippen LogP contribution in [0.1, 0.15) is 18.9 Å². The Morgan fingerprint density at radius 1 is 1.53 bits per heavy atom. The molecule has 0 saturated carbocycles. The second kappa shape index (κ2) is 3.73. The van der Waals surface area contributed by atoms with Crippen LogP contribution in [-0.4, -0.2) is 30.4 Å². The fourth-order valence-electron chi connectivity index (χ4n) is 2.97. The third-order valence-electron chi connectivity index (χ3n) is 3.97. The van der Waals surface area contributed by atoms with E-state index in [2.05, 4.69) is 39.4 Å². The highest BCUT2D eigenvalue weighted by Gasteiger charge is 2.45. The fraction of sp³-hybridized carbons (Fsp3) is 0.462. The molecule has 3 rings (SSSR count). The number of halogens is 1. The molecule has 1 aromatic rings. The van der Waals surface area contributed by atoms with Crippen molar-refractivity contribution in [3.05, 3.63) is 28.2 Å². The van der Waals surface area contributed by atoms with E-state index in [0.29, 0.717) is 0 Å². The normalized spacial score (nSPS) is 26.1. The van der Waals surface area contributed by atoms with Gasteiger partial charge in [-0.05, 0) is 30.2 Å². The van der Waals surface area contributed by atoms with E-state index in [1.807, 2.05) is 4.90 Å². The Labute approximate surface area is 109 Å². The number of hydrogen-bond donors (Lipinski definition) is 1. The monoisotopic (exact) mass is 294 g/mol. The first-order chi connectivity index (χ1) is 8.11. The molecular formula is C13H15BrN2O. The molecule has 1 fully saturated rings. The first-order valence-electron chi connectivity index (χ1n) is 5.90. The third kappa shape index (κ3) is 1.66. The summed E-state index contributed by atoms with van der Waals surface area (Å²) in [6.45, 7) is 4.33. The molecule has 17 heavy (non-hydrogen) atoms. The average molecular weight is 295 g/mol. The van der Waals surface area contributed by atoms with Crippen LogP contribution >= 0.6 is 15.9 Å². The highest BCUT2D eigenvalue weighted by Crippen LogP contribution is 2.44. The van der Waals surface area contributed by atoms with Crippen molar-refractivity contribution in [1.82, 2.24) is 4.90 Å². The number of rotatable bonds is 0. The Morgan fingerprint density at radius 2 is 2.35 bits per heavy atom. The van der Waals surface area contributed by atoms with Crippen molar-refractivity contribution in [3.8, 4) is 0 Å². The van der Waals surface area contributed by atoms with Crippen LogP contribution < -0.4 is 5.32 Å². The molecule has 4 heteroatoms. The van der Waals surface area contributed by atoms with E-state index in [-0.39, 0.29) is 11.3 Å². The number of carbonyl (C=O) groups excluding carboxylic acids is 1. The number of amides is 1. The number of nitrogens with one attached hydrogen (secondary N) is 1. The minimum atomic E-state index is 0.130. The Morgan fingerprint density at radius 3 is 3.06 bits per heavy atom. The maximum absolute atomic E-state index is 11.5. The molecule has 0 aromatic heterocycles. The van der Waals surface area contributed by atoms with E-state index in [9.17, 15) is 4.79 Å². The molecular weight excluding hydrogens is 280 g/mol. The summed E-state index contributed by atoms with van der Waals surface area (Å²) in [5, 5.41) is 3.46. The summed E-state index contributed by atoms with van der Waals surface area (Å²) >= 11 is 3.53. The van der Waals surface area contributed by atoms with Crippen molar-refractivity contribution in [1.29, 1.82) is 0 Å². The zero-order valence-corrected chi connectivity index (χ0v) is 11.4. The van der Waals surface area contributed by atoms with Crippen LogP contribution in [0, 0.1) is 0 Å². The third-order valence-corrected chi connectivity index (χ3v) is 4.46. The molecule has 1 spiro atoms. The van der Waals surface area contributed by atoms with E-state index in [4.69, 9.17) is 0 Å². The van der Waals surface area contributed by atoms with Gasteiger partial charge < -0.3 is 10.2 Å². The zero-order chi connectivity index (χ0) is 12.0. The number of hydrogen-bond acceptors (Lipinski definition) is 2. The predicted octanol–water partition coefficient (Wildman–Crippen LogP) is 2.36. The SMILES string of the molecule is CC(=O)N1CCC2(CNc3ccc(Br)cc32)C1. The van der Waals surface area contributed by atoms with Crippen LogP contribution in [0.25, 0.3) is 0 Å². The van der Waals surface area contributed by atoms with Crippen molar-refractivity contribution in [3.63, 3.8) is 0 Å². The molecule has 1 atom stereocenters. The first-order valence-corrected chi connectivity index (χ1v) is 6.69. The lowest BCUT2D eigenvalue weighted by atomic mass is 9.82. The lowest BCUT2D eigenvalue weighted by Crippen LogP contribution is -2.34. The van der Waals surface area contributed by atoms with Gasteiger partial charge in [0.1, 0.15) is 0 Å². The number of fused-ring (bicyclic) bond motifs is 2. The van der Waals surface area contributed by atoms with Crippen molar-refractivity contribution in [2.24, 2.45) is 0 Å². The van der Waals surface area contributed by atoms with Gasteiger partial charge in [-0.3, -0.25) is 4.79 Å². The molecule has 3 nitrogen and oxygen atoms in total. The van der Waals surface area contributed by atoms with E-state index >= 15 is 0 Å². The first kappa shape index (κ1) is 11.1. The minimum absolute atomic E-state index is 0.130. The average Bonchev–Trinajstić information content (AvgIpc) is 2.86. The zero-order valence-electron chi connectivity index (χ0n) is 9.79. The number of carbonyl (C=O) groups is 1. The number of likely N-dealkylation sites (tertiary alicyclic amines) is 1. The molecule has 0 aliphatic carbocycles. The van der Waals surface area contributed by atoms with Gasteiger partial charge in [-0.25, -0.2) is 0 Å². The Hall–Kier alpha value is -1.03. The maximum atomic E-state index is 11.5. The predicted molar refractivity (Wildman–Crippen MR) is 71.2 cm³/mol. The van der Waals surface area contributed by atoms with Gasteiger partial charge in [-0.1, -0.05) is 15.9 Å². The molecule has 2 aliphatic heterocycles. The summed E-state index contributed by atoms with van der Waals surface area (Å²) in [7, 11) is 0. The van der Waals surface area contributed by atoms with Crippen LogP contribution in [-0.2, 0) is 10.2 Å². The van der Waals surface area contributed by atoms with Crippen molar-refractivity contribution in [2.45, 2.75) is 18.8 Å². The quantitative estimate of drug-likeness (QED) is 0.797. The van der Waals surface area contributed by atoms with Gasteiger partial charge in [-0.2, -0.15) is 0 Å². The lowest BCUT2D eigenvalue weighted by molar-refractivity contribution is -0.127. The fourth-order valence-corrected chi connectivity index (χ4v) is 3.34. The summed E-state index contributed by atoms with van der Waals surface area (Å²) in [6, 6.07) is 6.37. The second-order valence-electron chi connectivity index (χ2n) is 5.01. The standard InChI is InChI=1S/C13H15BrN2O/c1-9(17)16-5-4-13(8-16)7-15-12-3-2-10(14)6-11(12)13/h2-3,6,15H,4-5,7-8H2,1H3. The number of benzene rings is 1. The molecule has 1 N–H and O–H groups in total. The Bertz CT molecular complexity index is 488. The molecule has 1 amide bonds. The maximum Gasteiger partial charge on any atom is 0.219 e. The summed E-state index contributed by atoms with van der Waals surface area (Å²) in [5.41, 5.74) is 2.71. The molecule has 2 heterocycles. The molecule has 1 saturated heterocycles. The van der Waals surface area contributed by atoms with E-state index in [1.165, 1.54) is 11.3 Å². The van der Waals surface area contributed by atoms with Gasteiger partial charge >= 0.3 is 0 Å². The smallest absolute Gasteiger partial charge is 0.219 e. The van der Waals surface area contributed by atoms with Crippen molar-refractivity contribution >= 4 is 27.5 Å². The molecule has 1 unspecified atom stereocenters. The minimum Gasteiger partial charge on any atom is -0.384 e. The van der Waals surface area contributed by atoms with E-state index in [0.717, 1.165) is 30.5 Å². The van der Waals surface area contributed by atoms with Gasteiger partial charge in [0.2, 0.25) is 5.91 Å². The van der Waals surface area contributed by atoms with Gasteiger partial charge in [0, 0.05) is 42.1 Å². The largest absolute Gasteiger partial charge is 0.384 e. The summed E-state index contributed by atoms with van der Waals surface area (Å²) in [6.07, 6.45) is 1.06. The summed E-state index contributed by atoms with van der Waals surface area (Å²) in [5.74, 6) is 0.185. The van der Waals surface area contributed by atoms with Crippen molar-refractivity contribution < 1.29 is 4.79 Å². The molecule has 0 radical (unpaired) electrons. The van der Waals surface area contributed by atoms with Crippen LogP contribution in [0.3, 0.4) is 0 Å². The van der Waals surface area contributed by atoms with Crippen LogP contribution in [0.15, 0.2) is 22.7 Å². The Balaban J connectivity index is 1.98.